The van der Waals surface area contributed by atoms with E-state index < -0.39 is 0 Å². The molecule has 0 unspecified atom stereocenters. The highest BCUT2D eigenvalue weighted by Gasteiger charge is 1.58. The predicted molar refractivity (Wildman–Crippen MR) is 27.6 cm³/mol. The summed E-state index contributed by atoms with van der Waals surface area (Å²) in [6.45, 7) is 0. The minimum atomic E-state index is 1.25. The van der Waals surface area contributed by atoms with Crippen molar-refractivity contribution in [3.05, 3.63) is 22.9 Å². The lowest BCUT2D eigenvalue weighted by atomic mass is 10.7. The van der Waals surface area contributed by atoms with E-state index >= 15 is 0 Å². The maximum atomic E-state index is 9.12. The first kappa shape index (κ1) is 7.52. The summed E-state index contributed by atoms with van der Waals surface area (Å²) >= 11 is 1.71. The minimum absolute atomic E-state index is 1.25. The van der Waals surface area contributed by atoms with Gasteiger partial charge in [0.05, 0.1) is 0 Å². The largest absolute Gasteiger partial charge is 0.152 e. The molecule has 0 radical (unpaired) electrons. The van der Waals surface area contributed by atoms with Gasteiger partial charge in [0.2, 0.25) is 0 Å². The normalized spacial score (nSPS) is 7.25. The van der Waals surface area contributed by atoms with Crippen molar-refractivity contribution in [2.45, 2.75) is 0 Å². The van der Waals surface area contributed by atoms with Gasteiger partial charge in [0, 0.05) is 5.15 Å². The van der Waals surface area contributed by atoms with Crippen LogP contribution in [0.15, 0.2) is 22.9 Å². The molecule has 1 heterocycles. The molecule has 0 saturated heterocycles. The Labute approximate surface area is 49.3 Å². The third kappa shape index (κ3) is 5.52. The lowest BCUT2D eigenvalue weighted by Gasteiger charge is -1.41. The molecule has 0 aliphatic carbocycles. The second-order valence-corrected chi connectivity index (χ2v) is 1.67. The molecule has 1 aromatic rings. The zero-order valence-corrected chi connectivity index (χ0v) is 4.70. The summed E-state index contributed by atoms with van der Waals surface area (Å²) in [6.07, 6.45) is 0. The average Bonchev–Trinajstić information content (AvgIpc) is 2.17. The Balaban J connectivity index is 0.000000145. The lowest BCUT2D eigenvalue weighted by Crippen LogP contribution is -1.26. The third-order valence-corrected chi connectivity index (χ3v) is 1.05. The fourth-order valence-corrected chi connectivity index (χ4v) is 0.680. The van der Waals surface area contributed by atoms with E-state index in [2.05, 4.69) is 0 Å². The highest BCUT2D eigenvalue weighted by atomic mass is 32.1. The van der Waals surface area contributed by atoms with Crippen LogP contribution in [0.25, 0.3) is 0 Å². The van der Waals surface area contributed by atoms with Gasteiger partial charge in [0.25, 0.3) is 0 Å². The van der Waals surface area contributed by atoms with Gasteiger partial charge in [0.1, 0.15) is 0 Å². The van der Waals surface area contributed by atoms with Crippen LogP contribution in [0.1, 0.15) is 0 Å². The standard InChI is InChI=1S/C4H4S.F2O/c1-2-4-5-3-1;1-3-2/h1-4H;. The van der Waals surface area contributed by atoms with Crippen molar-refractivity contribution in [3.63, 3.8) is 0 Å². The summed E-state index contributed by atoms with van der Waals surface area (Å²) in [5.41, 5.74) is 0. The number of hydrogen-bond acceptors (Lipinski definition) is 2. The van der Waals surface area contributed by atoms with E-state index in [0.717, 1.165) is 0 Å². The van der Waals surface area contributed by atoms with Gasteiger partial charge in [0.15, 0.2) is 0 Å². The summed E-state index contributed by atoms with van der Waals surface area (Å²) in [4.78, 5) is 0. The quantitative estimate of drug-likeness (QED) is 0.535. The molecule has 0 N–H and O–H groups in total. The van der Waals surface area contributed by atoms with Crippen LogP contribution in [-0.4, -0.2) is 0 Å². The first-order valence-corrected chi connectivity index (χ1v) is 2.72. The number of rotatable bonds is 0. The van der Waals surface area contributed by atoms with Crippen molar-refractivity contribution in [3.8, 4) is 0 Å². The summed E-state index contributed by atoms with van der Waals surface area (Å²) in [6, 6.07) is 4.04. The molecule has 1 nitrogen and oxygen atoms in total. The van der Waals surface area contributed by atoms with E-state index in [1.54, 1.807) is 11.3 Å². The van der Waals surface area contributed by atoms with Crippen LogP contribution in [0, 0.1) is 0 Å². The van der Waals surface area contributed by atoms with Gasteiger partial charge in [-0.3, -0.25) is 0 Å². The lowest BCUT2D eigenvalue weighted by molar-refractivity contribution is -0.317. The zero-order chi connectivity index (χ0) is 6.24. The van der Waals surface area contributed by atoms with Crippen LogP contribution in [0.3, 0.4) is 0 Å². The van der Waals surface area contributed by atoms with Crippen LogP contribution in [0.5, 0.6) is 0 Å². The van der Waals surface area contributed by atoms with Crippen LogP contribution in [0.4, 0.5) is 9.05 Å². The minimum Gasteiger partial charge on any atom is -0.152 e. The molecule has 0 aliphatic rings. The molecule has 46 valence electrons. The molecule has 0 aliphatic heterocycles. The molecule has 0 saturated carbocycles. The first-order chi connectivity index (χ1) is 3.91. The molecule has 0 fully saturated rings. The topological polar surface area (TPSA) is 9.23 Å². The van der Waals surface area contributed by atoms with E-state index in [1.165, 1.54) is 5.15 Å². The predicted octanol–water partition coefficient (Wildman–Crippen LogP) is 2.52. The molecule has 4 heteroatoms. The van der Waals surface area contributed by atoms with E-state index in [-0.39, 0.29) is 0 Å². The number of halogens is 2. The molecule has 1 rings (SSSR count). The molecule has 8 heavy (non-hydrogen) atoms. The van der Waals surface area contributed by atoms with Crippen molar-refractivity contribution < 1.29 is 14.2 Å². The van der Waals surface area contributed by atoms with Crippen molar-refractivity contribution in [2.24, 2.45) is 0 Å². The Bertz CT molecular complexity index is 80.9. The Morgan fingerprint density at radius 3 is 1.62 bits per heavy atom. The molecule has 0 bridgehead atoms. The average molecular weight is 138 g/mol. The number of hydrogen-bond donors (Lipinski definition) is 0. The second kappa shape index (κ2) is 6.52. The number of thiophene rings is 1. The molecule has 0 aromatic carbocycles. The van der Waals surface area contributed by atoms with Gasteiger partial charge in [-0.05, 0) is 19.8 Å². The molecule has 0 atom stereocenters. The van der Waals surface area contributed by atoms with Crippen LogP contribution < -0.4 is 0 Å². The zero-order valence-electron chi connectivity index (χ0n) is 3.88. The highest BCUT2D eigenvalue weighted by Crippen LogP contribution is 1.91. The fraction of sp³-hybridized carbons (Fsp3) is 0. The van der Waals surface area contributed by atoms with E-state index in [0.29, 0.717) is 0 Å². The summed E-state index contributed by atoms with van der Waals surface area (Å²) in [7, 11) is 0. The summed E-state index contributed by atoms with van der Waals surface area (Å²) in [5.74, 6) is 0. The van der Waals surface area contributed by atoms with Gasteiger partial charge in [-0.15, -0.1) is 0 Å². The van der Waals surface area contributed by atoms with Gasteiger partial charge < -0.3 is 0 Å². The molecular weight excluding hydrogens is 134 g/mol. The Morgan fingerprint density at radius 2 is 1.50 bits per heavy atom. The smallest absolute Gasteiger partial charge is 0.0209 e. The SMILES string of the molecule is FOF.c1ccsc1. The van der Waals surface area contributed by atoms with Crippen LogP contribution in [0.2, 0.25) is 0 Å². The Kier molecular flexibility index (Phi) is 6.13. The van der Waals surface area contributed by atoms with Crippen molar-refractivity contribution in [2.75, 3.05) is 0 Å². The van der Waals surface area contributed by atoms with Gasteiger partial charge in [-0.2, -0.15) is 11.3 Å². The Morgan fingerprint density at radius 1 is 1.12 bits per heavy atom. The van der Waals surface area contributed by atoms with Gasteiger partial charge >= 0.3 is 0 Å². The van der Waals surface area contributed by atoms with Crippen LogP contribution >= 0.6 is 11.3 Å². The molecule has 1 aromatic heterocycles. The molecule has 0 amide bonds. The fourth-order valence-electron chi connectivity index (χ4n) is 0.227. The van der Waals surface area contributed by atoms with Crippen LogP contribution in [-0.2, 0) is 5.15 Å². The Hall–Kier alpha value is -0.480. The highest BCUT2D eigenvalue weighted by molar-refractivity contribution is 7.07. The first-order valence-electron chi connectivity index (χ1n) is 1.78. The van der Waals surface area contributed by atoms with Gasteiger partial charge in [-0.1, -0.05) is 12.1 Å². The molecular formula is C4H4F2OS. The van der Waals surface area contributed by atoms with E-state index in [4.69, 9.17) is 9.05 Å². The van der Waals surface area contributed by atoms with Crippen molar-refractivity contribution >= 4 is 11.3 Å². The summed E-state index contributed by atoms with van der Waals surface area (Å²) in [5, 5.41) is 5.33. The third-order valence-electron chi connectivity index (χ3n) is 0.425. The molecule has 0 spiro atoms. The monoisotopic (exact) mass is 138 g/mol. The maximum Gasteiger partial charge on any atom is 0.0209 e. The maximum absolute atomic E-state index is 9.12. The van der Waals surface area contributed by atoms with Gasteiger partial charge in [-0.25, -0.2) is 0 Å². The van der Waals surface area contributed by atoms with E-state index in [1.807, 2.05) is 22.9 Å². The van der Waals surface area contributed by atoms with Crippen molar-refractivity contribution in [1.29, 1.82) is 0 Å². The van der Waals surface area contributed by atoms with Crippen molar-refractivity contribution in [1.82, 2.24) is 0 Å². The van der Waals surface area contributed by atoms with E-state index in [9.17, 15) is 0 Å². The second-order valence-electron chi connectivity index (χ2n) is 0.851. The summed E-state index contributed by atoms with van der Waals surface area (Å²) < 4.78 is 18.2.